The number of carbonyl (C=O) groups excluding carboxylic acids is 4. The predicted octanol–water partition coefficient (Wildman–Crippen LogP) is 4.34. The Kier molecular flexibility index (Phi) is 11.9. The van der Waals surface area contributed by atoms with Crippen molar-refractivity contribution in [3.8, 4) is 0 Å². The van der Waals surface area contributed by atoms with Gasteiger partial charge in [-0.3, -0.25) is 24.5 Å². The number of fused-ring (bicyclic) bond motifs is 2. The van der Waals surface area contributed by atoms with Crippen molar-refractivity contribution < 1.29 is 32.3 Å². The van der Waals surface area contributed by atoms with E-state index in [-0.39, 0.29) is 50.4 Å². The van der Waals surface area contributed by atoms with Gasteiger partial charge in [-0.1, -0.05) is 72.3 Å². The van der Waals surface area contributed by atoms with E-state index in [9.17, 15) is 32.3 Å². The molecule has 0 spiro atoms. The van der Waals surface area contributed by atoms with Gasteiger partial charge in [0.15, 0.2) is 0 Å². The summed E-state index contributed by atoms with van der Waals surface area (Å²) in [6.07, 6.45) is -4.49. The SMILES string of the molecule is C[C@@H]1NC(=O)CN(CCc2cccc(C(F)(F)F)c2)C(=O)CN(Cc2cccc(Cl)c2)C(=O)CN(Cc2ccccc2)C(=O)[C@H]2CS[C@H]1N2. The van der Waals surface area contributed by atoms with E-state index < -0.39 is 48.1 Å². The number of carbonyl (C=O) groups is 4. The Labute approximate surface area is 292 Å². The summed E-state index contributed by atoms with van der Waals surface area (Å²) >= 11 is 7.70. The molecule has 3 atom stereocenters. The number of amides is 4. The van der Waals surface area contributed by atoms with Gasteiger partial charge in [0.2, 0.25) is 23.6 Å². The van der Waals surface area contributed by atoms with Crippen LogP contribution >= 0.6 is 23.4 Å². The molecule has 2 N–H and O–H groups in total. The van der Waals surface area contributed by atoms with Crippen molar-refractivity contribution >= 4 is 47.0 Å². The van der Waals surface area contributed by atoms with Gasteiger partial charge in [-0.2, -0.15) is 13.2 Å². The molecular weight excluding hydrogens is 679 g/mol. The first-order chi connectivity index (χ1) is 23.4. The van der Waals surface area contributed by atoms with E-state index in [0.29, 0.717) is 21.9 Å². The van der Waals surface area contributed by atoms with Crippen molar-refractivity contribution in [3.63, 3.8) is 0 Å². The van der Waals surface area contributed by atoms with E-state index in [4.69, 9.17) is 11.6 Å². The fourth-order valence-electron chi connectivity index (χ4n) is 5.78. The molecule has 3 aromatic rings. The third kappa shape index (κ3) is 9.99. The molecule has 2 saturated heterocycles. The van der Waals surface area contributed by atoms with E-state index in [2.05, 4.69) is 10.6 Å². The number of thioether (sulfide) groups is 1. The molecule has 3 aromatic carbocycles. The second kappa shape index (κ2) is 16.1. The van der Waals surface area contributed by atoms with Gasteiger partial charge in [-0.05, 0) is 48.2 Å². The van der Waals surface area contributed by atoms with E-state index >= 15 is 0 Å². The number of benzene rings is 3. The molecule has 0 saturated carbocycles. The summed E-state index contributed by atoms with van der Waals surface area (Å²) in [6, 6.07) is 19.9. The molecule has 5 rings (SSSR count). The number of hydrogen-bond acceptors (Lipinski definition) is 6. The Balaban J connectivity index is 1.46. The summed E-state index contributed by atoms with van der Waals surface area (Å²) in [5, 5.41) is 6.32. The number of nitrogens with zero attached hydrogens (tertiary/aromatic N) is 3. The summed E-state index contributed by atoms with van der Waals surface area (Å²) in [4.78, 5) is 59.3. The summed E-state index contributed by atoms with van der Waals surface area (Å²) in [7, 11) is 0. The highest BCUT2D eigenvalue weighted by Gasteiger charge is 2.37. The summed E-state index contributed by atoms with van der Waals surface area (Å²) < 4.78 is 40.2. The lowest BCUT2D eigenvalue weighted by Crippen LogP contribution is -2.52. The molecule has 9 nitrogen and oxygen atoms in total. The monoisotopic (exact) mass is 715 g/mol. The van der Waals surface area contributed by atoms with E-state index in [0.717, 1.165) is 17.7 Å². The van der Waals surface area contributed by atoms with Gasteiger partial charge in [0.25, 0.3) is 0 Å². The first kappa shape index (κ1) is 36.2. The van der Waals surface area contributed by atoms with Crippen LogP contribution in [0.25, 0.3) is 0 Å². The van der Waals surface area contributed by atoms with Crippen LogP contribution in [0.1, 0.15) is 29.2 Å². The highest BCUT2D eigenvalue weighted by molar-refractivity contribution is 8.00. The van der Waals surface area contributed by atoms with Gasteiger partial charge < -0.3 is 20.0 Å². The van der Waals surface area contributed by atoms with Gasteiger partial charge in [-0.15, -0.1) is 11.8 Å². The third-order valence-electron chi connectivity index (χ3n) is 8.36. The van der Waals surface area contributed by atoms with E-state index in [1.807, 2.05) is 30.3 Å². The molecule has 0 aliphatic carbocycles. The van der Waals surface area contributed by atoms with Crippen molar-refractivity contribution in [1.82, 2.24) is 25.3 Å². The fourth-order valence-corrected chi connectivity index (χ4v) is 7.25. The average molecular weight is 716 g/mol. The molecule has 0 unspecified atom stereocenters. The predicted molar refractivity (Wildman–Crippen MR) is 181 cm³/mol. The van der Waals surface area contributed by atoms with Crippen LogP contribution in [-0.2, 0) is 44.9 Å². The second-order valence-electron chi connectivity index (χ2n) is 12.2. The van der Waals surface area contributed by atoms with Gasteiger partial charge in [0.1, 0.15) is 13.1 Å². The molecule has 2 aliphatic rings. The quantitative estimate of drug-likeness (QED) is 0.378. The van der Waals surface area contributed by atoms with Crippen molar-refractivity contribution in [2.75, 3.05) is 31.9 Å². The van der Waals surface area contributed by atoms with Crippen LogP contribution in [0.4, 0.5) is 13.2 Å². The van der Waals surface area contributed by atoms with Crippen LogP contribution in [0.15, 0.2) is 78.9 Å². The lowest BCUT2D eigenvalue weighted by molar-refractivity contribution is -0.146. The lowest BCUT2D eigenvalue weighted by Gasteiger charge is -2.31. The molecule has 2 bridgehead atoms. The molecule has 2 fully saturated rings. The van der Waals surface area contributed by atoms with Crippen molar-refractivity contribution in [3.05, 3.63) is 106 Å². The maximum absolute atomic E-state index is 14.1. The summed E-state index contributed by atoms with van der Waals surface area (Å²) in [6.45, 7) is 0.742. The van der Waals surface area contributed by atoms with Crippen LogP contribution in [0.5, 0.6) is 0 Å². The topological polar surface area (TPSA) is 102 Å². The molecule has 2 heterocycles. The van der Waals surface area contributed by atoms with Crippen LogP contribution < -0.4 is 10.6 Å². The molecule has 0 radical (unpaired) electrons. The molecule has 14 heteroatoms. The van der Waals surface area contributed by atoms with Gasteiger partial charge in [-0.25, -0.2) is 0 Å². The maximum Gasteiger partial charge on any atom is 0.416 e. The zero-order valence-electron chi connectivity index (χ0n) is 26.8. The normalized spacial score (nSPS) is 21.4. The number of hydrogen-bond donors (Lipinski definition) is 2. The Bertz CT molecular complexity index is 1660. The largest absolute Gasteiger partial charge is 0.416 e. The van der Waals surface area contributed by atoms with Crippen molar-refractivity contribution in [2.24, 2.45) is 0 Å². The molecule has 4 amide bonds. The molecule has 260 valence electrons. The zero-order valence-corrected chi connectivity index (χ0v) is 28.4. The molecule has 49 heavy (non-hydrogen) atoms. The minimum atomic E-state index is -4.53. The minimum absolute atomic E-state index is 0.0111. The smallest absolute Gasteiger partial charge is 0.350 e. The first-order valence-corrected chi connectivity index (χ1v) is 17.2. The summed E-state index contributed by atoms with van der Waals surface area (Å²) in [5.41, 5.74) is 0.994. The Morgan fingerprint density at radius 1 is 0.796 bits per heavy atom. The maximum atomic E-state index is 14.1. The van der Waals surface area contributed by atoms with Gasteiger partial charge in [0.05, 0.1) is 29.6 Å². The molecule has 0 aromatic heterocycles. The first-order valence-electron chi connectivity index (χ1n) is 15.8. The highest BCUT2D eigenvalue weighted by Crippen LogP contribution is 2.30. The standard InChI is InChI=1S/C35H37ClF3N5O4S/c1-23-33-41-29(22-49-33)34(48)44(17-25-7-3-2-4-8-25)21-32(47)43(18-26-10-6-12-28(36)16-26)20-31(46)42(19-30(45)40-23)14-13-24-9-5-11-27(15-24)35(37,38)39/h2-12,15-16,23,29,33,41H,13-14,17-22H2,1H3,(H,40,45)/t23-,29+,33+/m0/s1. The summed E-state index contributed by atoms with van der Waals surface area (Å²) in [5.74, 6) is -1.40. The fraction of sp³-hybridized carbons (Fsp3) is 0.371. The van der Waals surface area contributed by atoms with E-state index in [1.165, 1.54) is 38.6 Å². The third-order valence-corrected chi connectivity index (χ3v) is 10.0. The number of alkyl halides is 3. The average Bonchev–Trinajstić information content (AvgIpc) is 3.56. The number of rotatable bonds is 7. The Morgan fingerprint density at radius 2 is 1.45 bits per heavy atom. The van der Waals surface area contributed by atoms with Gasteiger partial charge in [0, 0.05) is 30.4 Å². The van der Waals surface area contributed by atoms with Crippen molar-refractivity contribution in [2.45, 2.75) is 50.1 Å². The van der Waals surface area contributed by atoms with Crippen LogP contribution in [0, 0.1) is 0 Å². The Morgan fingerprint density at radius 3 is 2.18 bits per heavy atom. The van der Waals surface area contributed by atoms with Crippen LogP contribution in [-0.4, -0.2) is 87.7 Å². The minimum Gasteiger partial charge on any atom is -0.350 e. The van der Waals surface area contributed by atoms with E-state index in [1.54, 1.807) is 31.2 Å². The van der Waals surface area contributed by atoms with Gasteiger partial charge >= 0.3 is 6.18 Å². The molecular formula is C35H37ClF3N5O4S. The molecule has 2 aliphatic heterocycles. The highest BCUT2D eigenvalue weighted by atomic mass is 35.5. The number of halogens is 4. The number of nitrogens with one attached hydrogen (secondary N) is 2. The lowest BCUT2D eigenvalue weighted by atomic mass is 10.1. The van der Waals surface area contributed by atoms with Crippen molar-refractivity contribution in [1.29, 1.82) is 0 Å². The second-order valence-corrected chi connectivity index (χ2v) is 13.8. The van der Waals surface area contributed by atoms with Crippen LogP contribution in [0.2, 0.25) is 5.02 Å². The Hall–Kier alpha value is -4.07. The van der Waals surface area contributed by atoms with Crippen LogP contribution in [0.3, 0.4) is 0 Å². The zero-order chi connectivity index (χ0) is 35.1.